The number of nitrogens with one attached hydrogen (secondary N) is 1. The number of fused-ring (bicyclic) bond motifs is 1. The van der Waals surface area contributed by atoms with Crippen molar-refractivity contribution in [3.8, 4) is 5.75 Å². The Morgan fingerprint density at radius 1 is 1.37 bits per heavy atom. The lowest BCUT2D eigenvalue weighted by Crippen LogP contribution is -2.42. The van der Waals surface area contributed by atoms with E-state index in [0.717, 1.165) is 24.6 Å². The topological polar surface area (TPSA) is 21.3 Å². The fourth-order valence-corrected chi connectivity index (χ4v) is 3.85. The third kappa shape index (κ3) is 2.38. The van der Waals surface area contributed by atoms with Crippen molar-refractivity contribution in [2.24, 2.45) is 5.92 Å². The first-order chi connectivity index (χ1) is 9.12. The Labute approximate surface area is 116 Å². The van der Waals surface area contributed by atoms with Crippen LogP contribution in [0, 0.1) is 12.8 Å². The normalized spacial score (nSPS) is 33.2. The van der Waals surface area contributed by atoms with Gasteiger partial charge in [-0.25, -0.2) is 0 Å². The Bertz CT molecular complexity index is 470. The molecule has 3 rings (SSSR count). The van der Waals surface area contributed by atoms with Gasteiger partial charge < -0.3 is 10.1 Å². The number of hydrogen-bond acceptors (Lipinski definition) is 2. The Hall–Kier alpha value is -1.02. The predicted molar refractivity (Wildman–Crippen MR) is 78.6 cm³/mol. The first-order valence-corrected chi connectivity index (χ1v) is 7.65. The molecule has 0 radical (unpaired) electrons. The minimum Gasteiger partial charge on any atom is -0.487 e. The third-order valence-corrected chi connectivity index (χ3v) is 4.71. The lowest BCUT2D eigenvalue weighted by molar-refractivity contribution is 0.0338. The van der Waals surface area contributed by atoms with Gasteiger partial charge in [-0.05, 0) is 44.7 Å². The maximum absolute atomic E-state index is 6.44. The van der Waals surface area contributed by atoms with Gasteiger partial charge in [0.1, 0.15) is 11.4 Å². The van der Waals surface area contributed by atoms with E-state index in [1.54, 1.807) is 0 Å². The Kier molecular flexibility index (Phi) is 3.30. The average Bonchev–Trinajstić information content (AvgIpc) is 2.72. The number of benzene rings is 1. The second-order valence-corrected chi connectivity index (χ2v) is 6.49. The maximum atomic E-state index is 6.44. The SMILES string of the molecule is CCNC1CC2(CCC(C)C2)Oc2ccc(C)cc21. The van der Waals surface area contributed by atoms with Gasteiger partial charge in [-0.1, -0.05) is 31.5 Å². The third-order valence-electron chi connectivity index (χ3n) is 4.71. The molecule has 104 valence electrons. The van der Waals surface area contributed by atoms with Crippen molar-refractivity contribution in [3.05, 3.63) is 29.3 Å². The number of rotatable bonds is 2. The second-order valence-electron chi connectivity index (χ2n) is 6.49. The predicted octanol–water partition coefficient (Wildman–Crippen LogP) is 3.99. The largest absolute Gasteiger partial charge is 0.487 e. The summed E-state index contributed by atoms with van der Waals surface area (Å²) in [6, 6.07) is 7.07. The van der Waals surface area contributed by atoms with Crippen molar-refractivity contribution in [3.63, 3.8) is 0 Å². The lowest BCUT2D eigenvalue weighted by atomic mass is 9.85. The van der Waals surface area contributed by atoms with Crippen LogP contribution < -0.4 is 10.1 Å². The van der Waals surface area contributed by atoms with Crippen LogP contribution in [0.3, 0.4) is 0 Å². The standard InChI is InChI=1S/C17H25NO/c1-4-18-15-11-17(8-7-13(3)10-17)19-16-6-5-12(2)9-14(15)16/h5-6,9,13,15,18H,4,7-8,10-11H2,1-3H3. The van der Waals surface area contributed by atoms with Gasteiger partial charge in [0.05, 0.1) is 0 Å². The highest BCUT2D eigenvalue weighted by atomic mass is 16.5. The summed E-state index contributed by atoms with van der Waals surface area (Å²) in [6.07, 6.45) is 4.85. The van der Waals surface area contributed by atoms with Crippen molar-refractivity contribution in [1.82, 2.24) is 5.32 Å². The van der Waals surface area contributed by atoms with E-state index >= 15 is 0 Å². The van der Waals surface area contributed by atoms with E-state index in [1.165, 1.54) is 30.4 Å². The van der Waals surface area contributed by atoms with Crippen LogP contribution in [-0.4, -0.2) is 12.1 Å². The van der Waals surface area contributed by atoms with E-state index in [1.807, 2.05) is 0 Å². The molecule has 19 heavy (non-hydrogen) atoms. The zero-order chi connectivity index (χ0) is 13.5. The molecular formula is C17H25NO. The van der Waals surface area contributed by atoms with E-state index in [0.29, 0.717) is 6.04 Å². The number of aryl methyl sites for hydroxylation is 1. The van der Waals surface area contributed by atoms with Crippen molar-refractivity contribution in [1.29, 1.82) is 0 Å². The molecular weight excluding hydrogens is 234 g/mol. The summed E-state index contributed by atoms with van der Waals surface area (Å²) in [5, 5.41) is 3.65. The molecule has 0 amide bonds. The highest BCUT2D eigenvalue weighted by Crippen LogP contribution is 2.48. The van der Waals surface area contributed by atoms with Gasteiger partial charge in [0, 0.05) is 18.0 Å². The molecule has 3 unspecified atom stereocenters. The summed E-state index contributed by atoms with van der Waals surface area (Å²) in [5.74, 6) is 1.91. The molecule has 1 N–H and O–H groups in total. The molecule has 1 aromatic rings. The molecule has 0 aromatic heterocycles. The van der Waals surface area contributed by atoms with E-state index < -0.39 is 0 Å². The van der Waals surface area contributed by atoms with Crippen LogP contribution in [-0.2, 0) is 0 Å². The molecule has 1 saturated carbocycles. The fourth-order valence-electron chi connectivity index (χ4n) is 3.85. The summed E-state index contributed by atoms with van der Waals surface area (Å²) in [7, 11) is 0. The molecule has 3 atom stereocenters. The monoisotopic (exact) mass is 259 g/mol. The summed E-state index contributed by atoms with van der Waals surface area (Å²) in [4.78, 5) is 0. The van der Waals surface area contributed by atoms with Gasteiger partial charge in [-0.2, -0.15) is 0 Å². The van der Waals surface area contributed by atoms with Crippen LogP contribution in [0.5, 0.6) is 5.75 Å². The molecule has 1 aromatic carbocycles. The Balaban J connectivity index is 1.95. The van der Waals surface area contributed by atoms with Crippen LogP contribution >= 0.6 is 0 Å². The van der Waals surface area contributed by atoms with Crippen LogP contribution in [0.25, 0.3) is 0 Å². The molecule has 1 spiro atoms. The van der Waals surface area contributed by atoms with E-state index in [-0.39, 0.29) is 5.60 Å². The summed E-state index contributed by atoms with van der Waals surface area (Å²) < 4.78 is 6.44. The van der Waals surface area contributed by atoms with Crippen molar-refractivity contribution in [2.45, 2.75) is 58.1 Å². The van der Waals surface area contributed by atoms with E-state index in [4.69, 9.17) is 4.74 Å². The van der Waals surface area contributed by atoms with Gasteiger partial charge in [-0.3, -0.25) is 0 Å². The van der Waals surface area contributed by atoms with Gasteiger partial charge in [0.15, 0.2) is 0 Å². The quantitative estimate of drug-likeness (QED) is 0.867. The van der Waals surface area contributed by atoms with Crippen LogP contribution in [0.2, 0.25) is 0 Å². The van der Waals surface area contributed by atoms with E-state index in [9.17, 15) is 0 Å². The summed E-state index contributed by atoms with van der Waals surface area (Å²) in [6.45, 7) is 7.72. The highest BCUT2D eigenvalue weighted by Gasteiger charge is 2.45. The van der Waals surface area contributed by atoms with Gasteiger partial charge in [0.25, 0.3) is 0 Å². The molecule has 2 nitrogen and oxygen atoms in total. The minimum absolute atomic E-state index is 0.0918. The van der Waals surface area contributed by atoms with Crippen molar-refractivity contribution in [2.75, 3.05) is 6.54 Å². The van der Waals surface area contributed by atoms with Crippen LogP contribution in [0.4, 0.5) is 0 Å². The molecule has 1 fully saturated rings. The van der Waals surface area contributed by atoms with Gasteiger partial charge >= 0.3 is 0 Å². The van der Waals surface area contributed by atoms with Gasteiger partial charge in [-0.15, -0.1) is 0 Å². The zero-order valence-electron chi connectivity index (χ0n) is 12.3. The van der Waals surface area contributed by atoms with Crippen LogP contribution in [0.15, 0.2) is 18.2 Å². The molecule has 1 aliphatic carbocycles. The molecule has 1 heterocycles. The smallest absolute Gasteiger partial charge is 0.124 e. The average molecular weight is 259 g/mol. The van der Waals surface area contributed by atoms with Crippen LogP contribution in [0.1, 0.15) is 56.7 Å². The maximum Gasteiger partial charge on any atom is 0.124 e. The molecule has 0 bridgehead atoms. The number of ether oxygens (including phenoxy) is 1. The van der Waals surface area contributed by atoms with Crippen molar-refractivity contribution >= 4 is 0 Å². The minimum atomic E-state index is 0.0918. The Morgan fingerprint density at radius 2 is 2.21 bits per heavy atom. The van der Waals surface area contributed by atoms with E-state index in [2.05, 4.69) is 44.3 Å². The Morgan fingerprint density at radius 3 is 2.89 bits per heavy atom. The first-order valence-electron chi connectivity index (χ1n) is 7.65. The van der Waals surface area contributed by atoms with Gasteiger partial charge in [0.2, 0.25) is 0 Å². The highest BCUT2D eigenvalue weighted by molar-refractivity contribution is 5.42. The number of hydrogen-bond donors (Lipinski definition) is 1. The fraction of sp³-hybridized carbons (Fsp3) is 0.647. The molecule has 2 aliphatic rings. The molecule has 0 saturated heterocycles. The first kappa shape index (κ1) is 13.0. The summed E-state index contributed by atoms with van der Waals surface area (Å²) >= 11 is 0. The second kappa shape index (κ2) is 4.82. The molecule has 2 heteroatoms. The zero-order valence-corrected chi connectivity index (χ0v) is 12.3. The van der Waals surface area contributed by atoms with Crippen molar-refractivity contribution < 1.29 is 4.74 Å². The summed E-state index contributed by atoms with van der Waals surface area (Å²) in [5.41, 5.74) is 2.77. The molecule has 1 aliphatic heterocycles. The lowest BCUT2D eigenvalue weighted by Gasteiger charge is -2.40.